The van der Waals surface area contributed by atoms with Crippen LogP contribution < -0.4 is 19.9 Å². The summed E-state index contributed by atoms with van der Waals surface area (Å²) in [6.45, 7) is 2.07. The fraction of sp³-hybridized carbons (Fsp3) is 0.222. The van der Waals surface area contributed by atoms with Gasteiger partial charge in [-0.15, -0.1) is 0 Å². The topological polar surface area (TPSA) is 134 Å². The molecule has 0 aliphatic carbocycles. The minimum absolute atomic E-state index is 0.0212. The van der Waals surface area contributed by atoms with Gasteiger partial charge in [0.05, 0.1) is 10.5 Å². The predicted molar refractivity (Wildman–Crippen MR) is 98.8 cm³/mol. The van der Waals surface area contributed by atoms with E-state index in [-0.39, 0.29) is 16.1 Å². The lowest BCUT2D eigenvalue weighted by Crippen LogP contribution is -2.30. The Morgan fingerprint density at radius 3 is 2.54 bits per heavy atom. The molecule has 0 saturated carbocycles. The minimum Gasteiger partial charge on any atom is -0.486 e. The molecule has 0 aromatic heterocycles. The van der Waals surface area contributed by atoms with Gasteiger partial charge in [0.25, 0.3) is 15.9 Å². The number of nitrogens with one attached hydrogen (secondary N) is 1. The van der Waals surface area contributed by atoms with Crippen LogP contribution in [0.1, 0.15) is 17.3 Å². The second-order valence-corrected chi connectivity index (χ2v) is 7.62. The number of ether oxygens (including phenoxy) is 3. The van der Waals surface area contributed by atoms with E-state index in [9.17, 15) is 18.0 Å². The highest BCUT2D eigenvalue weighted by Crippen LogP contribution is 2.32. The van der Waals surface area contributed by atoms with Crippen molar-refractivity contribution in [2.75, 3.05) is 17.9 Å². The number of nitrogens with two attached hydrogens (primary N) is 1. The number of primary amides is 1. The van der Waals surface area contributed by atoms with E-state index < -0.39 is 28.0 Å². The predicted octanol–water partition coefficient (Wildman–Crippen LogP) is 1.29. The largest absolute Gasteiger partial charge is 0.486 e. The first kappa shape index (κ1) is 19.5. The van der Waals surface area contributed by atoms with Crippen molar-refractivity contribution in [3.63, 3.8) is 0 Å². The van der Waals surface area contributed by atoms with Crippen molar-refractivity contribution in [2.24, 2.45) is 5.73 Å². The zero-order valence-corrected chi connectivity index (χ0v) is 15.7. The van der Waals surface area contributed by atoms with E-state index in [0.29, 0.717) is 24.7 Å². The van der Waals surface area contributed by atoms with E-state index in [1.807, 2.05) is 0 Å². The fourth-order valence-corrected chi connectivity index (χ4v) is 3.47. The van der Waals surface area contributed by atoms with Crippen molar-refractivity contribution < 1.29 is 32.2 Å². The SMILES string of the molecule is C[C@@H](OC(=O)c1cccc(NS(=O)(=O)c2ccc3c(c2)OCCO3)c1)C(N)=O. The molecule has 0 radical (unpaired) electrons. The monoisotopic (exact) mass is 406 g/mol. The van der Waals surface area contributed by atoms with Gasteiger partial charge in [0.15, 0.2) is 17.6 Å². The van der Waals surface area contributed by atoms with Crippen LogP contribution in [-0.4, -0.2) is 39.6 Å². The van der Waals surface area contributed by atoms with Gasteiger partial charge >= 0.3 is 5.97 Å². The van der Waals surface area contributed by atoms with Gasteiger partial charge in [-0.05, 0) is 37.3 Å². The number of esters is 1. The van der Waals surface area contributed by atoms with E-state index in [1.165, 1.54) is 49.4 Å². The van der Waals surface area contributed by atoms with E-state index in [4.69, 9.17) is 19.9 Å². The maximum absolute atomic E-state index is 12.7. The molecule has 0 bridgehead atoms. The second-order valence-electron chi connectivity index (χ2n) is 5.94. The molecule has 9 nitrogen and oxygen atoms in total. The molecule has 0 saturated heterocycles. The van der Waals surface area contributed by atoms with Crippen molar-refractivity contribution in [3.05, 3.63) is 48.0 Å². The van der Waals surface area contributed by atoms with Crippen molar-refractivity contribution in [3.8, 4) is 11.5 Å². The Balaban J connectivity index is 1.79. The quantitative estimate of drug-likeness (QED) is 0.690. The Labute approximate surface area is 161 Å². The Kier molecular flexibility index (Phi) is 5.41. The van der Waals surface area contributed by atoms with Crippen LogP contribution in [0.25, 0.3) is 0 Å². The van der Waals surface area contributed by atoms with Crippen molar-refractivity contribution in [2.45, 2.75) is 17.9 Å². The molecular formula is C18H18N2O7S. The zero-order chi connectivity index (χ0) is 20.3. The van der Waals surface area contributed by atoms with Crippen LogP contribution in [0.5, 0.6) is 11.5 Å². The molecule has 148 valence electrons. The number of hydrogen-bond acceptors (Lipinski definition) is 7. The van der Waals surface area contributed by atoms with E-state index in [2.05, 4.69) is 4.72 Å². The Hall–Kier alpha value is -3.27. The van der Waals surface area contributed by atoms with Crippen LogP contribution in [-0.2, 0) is 19.6 Å². The number of benzene rings is 2. The van der Waals surface area contributed by atoms with Crippen molar-refractivity contribution >= 4 is 27.6 Å². The van der Waals surface area contributed by atoms with Crippen LogP contribution in [0.15, 0.2) is 47.4 Å². The summed E-state index contributed by atoms with van der Waals surface area (Å²) in [5, 5.41) is 0. The smallest absolute Gasteiger partial charge is 0.338 e. The summed E-state index contributed by atoms with van der Waals surface area (Å²) >= 11 is 0. The molecule has 0 spiro atoms. The minimum atomic E-state index is -3.94. The number of rotatable bonds is 6. The molecule has 28 heavy (non-hydrogen) atoms. The summed E-state index contributed by atoms with van der Waals surface area (Å²) in [6.07, 6.45) is -1.11. The summed E-state index contributed by atoms with van der Waals surface area (Å²) in [7, 11) is -3.94. The van der Waals surface area contributed by atoms with Gasteiger partial charge in [-0.1, -0.05) is 6.07 Å². The summed E-state index contributed by atoms with van der Waals surface area (Å²) in [6, 6.07) is 9.95. The van der Waals surface area contributed by atoms with Gasteiger partial charge in [-0.25, -0.2) is 13.2 Å². The van der Waals surface area contributed by atoms with Crippen LogP contribution in [0.4, 0.5) is 5.69 Å². The molecule has 1 atom stereocenters. The van der Waals surface area contributed by atoms with Crippen LogP contribution >= 0.6 is 0 Å². The average molecular weight is 406 g/mol. The maximum Gasteiger partial charge on any atom is 0.338 e. The van der Waals surface area contributed by atoms with Gasteiger partial charge in [0, 0.05) is 11.8 Å². The molecule has 3 rings (SSSR count). The van der Waals surface area contributed by atoms with Crippen LogP contribution in [0.2, 0.25) is 0 Å². The molecule has 1 heterocycles. The van der Waals surface area contributed by atoms with Crippen molar-refractivity contribution in [1.82, 2.24) is 0 Å². The van der Waals surface area contributed by atoms with Crippen LogP contribution in [0.3, 0.4) is 0 Å². The number of amides is 1. The third-order valence-electron chi connectivity index (χ3n) is 3.86. The third-order valence-corrected chi connectivity index (χ3v) is 5.24. The summed E-state index contributed by atoms with van der Waals surface area (Å²) in [5.74, 6) is -0.777. The Morgan fingerprint density at radius 2 is 1.82 bits per heavy atom. The molecular weight excluding hydrogens is 388 g/mol. The summed E-state index contributed by atoms with van der Waals surface area (Å²) in [5.41, 5.74) is 5.28. The second kappa shape index (κ2) is 7.77. The number of sulfonamides is 1. The van der Waals surface area contributed by atoms with Crippen molar-refractivity contribution in [1.29, 1.82) is 0 Å². The molecule has 3 N–H and O–H groups in total. The average Bonchev–Trinajstić information content (AvgIpc) is 2.67. The Bertz CT molecular complexity index is 1020. The highest BCUT2D eigenvalue weighted by molar-refractivity contribution is 7.92. The van der Waals surface area contributed by atoms with Gasteiger partial charge in [-0.3, -0.25) is 9.52 Å². The normalized spacial score (nSPS) is 14.0. The summed E-state index contributed by atoms with van der Waals surface area (Å²) in [4.78, 5) is 23.1. The molecule has 0 fully saturated rings. The standard InChI is InChI=1S/C18H18N2O7S/c1-11(17(19)21)27-18(22)12-3-2-4-13(9-12)20-28(23,24)14-5-6-15-16(10-14)26-8-7-25-15/h2-6,9-11,20H,7-8H2,1H3,(H2,19,21)/t11-/m1/s1. The van der Waals surface area contributed by atoms with Gasteiger partial charge in [-0.2, -0.15) is 0 Å². The highest BCUT2D eigenvalue weighted by atomic mass is 32.2. The van der Waals surface area contributed by atoms with Crippen LogP contribution in [0, 0.1) is 0 Å². The van der Waals surface area contributed by atoms with Gasteiger partial charge in [0.1, 0.15) is 13.2 Å². The third kappa shape index (κ3) is 4.34. The first-order valence-corrected chi connectivity index (χ1v) is 9.77. The fourth-order valence-electron chi connectivity index (χ4n) is 2.40. The first-order valence-electron chi connectivity index (χ1n) is 8.29. The lowest BCUT2D eigenvalue weighted by atomic mass is 10.2. The highest BCUT2D eigenvalue weighted by Gasteiger charge is 2.21. The van der Waals surface area contributed by atoms with E-state index in [0.717, 1.165) is 0 Å². The lowest BCUT2D eigenvalue weighted by molar-refractivity contribution is -0.125. The number of anilines is 1. The van der Waals surface area contributed by atoms with E-state index in [1.54, 1.807) is 0 Å². The number of carbonyl (C=O) groups is 2. The molecule has 1 aliphatic heterocycles. The zero-order valence-electron chi connectivity index (χ0n) is 14.9. The molecule has 0 unspecified atom stereocenters. The van der Waals surface area contributed by atoms with E-state index >= 15 is 0 Å². The van der Waals surface area contributed by atoms with Gasteiger partial charge in [0.2, 0.25) is 0 Å². The number of hydrogen-bond donors (Lipinski definition) is 2. The first-order chi connectivity index (χ1) is 13.3. The lowest BCUT2D eigenvalue weighted by Gasteiger charge is -2.19. The Morgan fingerprint density at radius 1 is 1.11 bits per heavy atom. The molecule has 1 aliphatic rings. The van der Waals surface area contributed by atoms with Gasteiger partial charge < -0.3 is 19.9 Å². The molecule has 2 aromatic rings. The molecule has 2 aromatic carbocycles. The molecule has 10 heteroatoms. The maximum atomic E-state index is 12.7. The summed E-state index contributed by atoms with van der Waals surface area (Å²) < 4.78 is 43.4. The number of fused-ring (bicyclic) bond motifs is 1. The molecule has 1 amide bonds. The number of carbonyl (C=O) groups excluding carboxylic acids is 2.